The summed E-state index contributed by atoms with van der Waals surface area (Å²) in [5, 5.41) is 3.33. The first-order valence-electron chi connectivity index (χ1n) is 10.0. The molecule has 3 N–H and O–H groups in total. The Morgan fingerprint density at radius 3 is 2.64 bits per heavy atom. The van der Waals surface area contributed by atoms with Crippen LogP contribution in [-0.2, 0) is 11.2 Å². The Hall–Kier alpha value is -4.17. The van der Waals surface area contributed by atoms with Crippen LogP contribution in [-0.4, -0.2) is 21.8 Å². The van der Waals surface area contributed by atoms with Gasteiger partial charge in [-0.05, 0) is 36.4 Å². The van der Waals surface area contributed by atoms with Crippen molar-refractivity contribution in [1.82, 2.24) is 9.97 Å². The lowest BCUT2D eigenvalue weighted by Crippen LogP contribution is -2.12. The number of nitrogens with one attached hydrogen (secondary N) is 1. The summed E-state index contributed by atoms with van der Waals surface area (Å²) in [5.41, 5.74) is 6.87. The first kappa shape index (κ1) is 22.0. The fourth-order valence-corrected chi connectivity index (χ4v) is 3.23. The Morgan fingerprint density at radius 1 is 1.03 bits per heavy atom. The summed E-state index contributed by atoms with van der Waals surface area (Å²) in [6.07, 6.45) is 3.59. The molecule has 33 heavy (non-hydrogen) atoms. The summed E-state index contributed by atoms with van der Waals surface area (Å²) in [4.78, 5) is 31.9. The number of nitrogens with zero attached hydrogens (tertiary/aromatic N) is 2. The van der Waals surface area contributed by atoms with E-state index in [1.54, 1.807) is 42.6 Å². The van der Waals surface area contributed by atoms with E-state index in [2.05, 4.69) is 15.3 Å². The molecule has 0 aliphatic heterocycles. The maximum atomic E-state index is 12.3. The largest absolute Gasteiger partial charge is 0.441 e. The van der Waals surface area contributed by atoms with Gasteiger partial charge in [0.15, 0.2) is 11.7 Å². The second-order valence-corrected chi connectivity index (χ2v) is 7.43. The van der Waals surface area contributed by atoms with Gasteiger partial charge in [0, 0.05) is 30.0 Å². The Bertz CT molecular complexity index is 1290. The normalized spacial score (nSPS) is 10.6. The van der Waals surface area contributed by atoms with E-state index < -0.39 is 5.91 Å². The Balaban J connectivity index is 1.30. The van der Waals surface area contributed by atoms with Gasteiger partial charge in [0.2, 0.25) is 17.7 Å². The number of carbonyl (C=O) groups is 2. The van der Waals surface area contributed by atoms with Gasteiger partial charge in [-0.1, -0.05) is 29.8 Å². The number of anilines is 1. The lowest BCUT2D eigenvalue weighted by Gasteiger charge is -2.07. The third-order valence-corrected chi connectivity index (χ3v) is 4.95. The average Bonchev–Trinajstić information content (AvgIpc) is 3.28. The van der Waals surface area contributed by atoms with Crippen LogP contribution in [0.3, 0.4) is 0 Å². The molecule has 0 atom stereocenters. The molecule has 4 aromatic rings. The number of aryl methyl sites for hydroxylation is 1. The Labute approximate surface area is 194 Å². The number of halogens is 1. The van der Waals surface area contributed by atoms with E-state index in [1.165, 1.54) is 12.3 Å². The predicted molar refractivity (Wildman–Crippen MR) is 123 cm³/mol. The molecule has 8 nitrogen and oxygen atoms in total. The molecular formula is C24H19ClN4O4. The minimum absolute atomic E-state index is 0.181. The number of pyridine rings is 1. The average molecular weight is 463 g/mol. The molecular weight excluding hydrogens is 444 g/mol. The lowest BCUT2D eigenvalue weighted by molar-refractivity contribution is -0.116. The number of benzene rings is 2. The molecule has 2 aromatic carbocycles. The minimum Gasteiger partial charge on any atom is -0.441 e. The van der Waals surface area contributed by atoms with Crippen LogP contribution in [0.25, 0.3) is 11.3 Å². The molecule has 0 unspecified atom stereocenters. The SMILES string of the molecule is NC(=O)c1cccc(Oc2ccc(NC(=O)CCc3ncc(-c4ccccc4Cl)o3)cn2)c1. The second-order valence-electron chi connectivity index (χ2n) is 7.03. The van der Waals surface area contributed by atoms with Crippen LogP contribution in [0.1, 0.15) is 22.7 Å². The van der Waals surface area contributed by atoms with Crippen molar-refractivity contribution in [2.45, 2.75) is 12.8 Å². The highest BCUT2D eigenvalue weighted by molar-refractivity contribution is 6.33. The summed E-state index contributed by atoms with van der Waals surface area (Å²) < 4.78 is 11.3. The molecule has 0 radical (unpaired) electrons. The number of ether oxygens (including phenoxy) is 1. The second kappa shape index (κ2) is 9.97. The number of carbonyl (C=O) groups excluding carboxylic acids is 2. The molecule has 9 heteroatoms. The molecule has 0 saturated carbocycles. The van der Waals surface area contributed by atoms with Crippen molar-refractivity contribution < 1.29 is 18.7 Å². The van der Waals surface area contributed by atoms with Crippen LogP contribution in [0.15, 0.2) is 77.5 Å². The zero-order chi connectivity index (χ0) is 23.2. The Morgan fingerprint density at radius 2 is 1.88 bits per heavy atom. The van der Waals surface area contributed by atoms with Crippen LogP contribution in [0.4, 0.5) is 5.69 Å². The van der Waals surface area contributed by atoms with E-state index in [4.69, 9.17) is 26.5 Å². The number of primary amides is 1. The monoisotopic (exact) mass is 462 g/mol. The van der Waals surface area contributed by atoms with Crippen LogP contribution < -0.4 is 15.8 Å². The van der Waals surface area contributed by atoms with Gasteiger partial charge in [-0.25, -0.2) is 9.97 Å². The van der Waals surface area contributed by atoms with Crippen molar-refractivity contribution in [2.24, 2.45) is 5.73 Å². The molecule has 166 valence electrons. The van der Waals surface area contributed by atoms with Crippen molar-refractivity contribution in [3.63, 3.8) is 0 Å². The molecule has 2 amide bonds. The summed E-state index contributed by atoms with van der Waals surface area (Å²) >= 11 is 6.18. The van der Waals surface area contributed by atoms with E-state index in [0.29, 0.717) is 46.0 Å². The first-order valence-corrected chi connectivity index (χ1v) is 10.4. The zero-order valence-corrected chi connectivity index (χ0v) is 18.1. The van der Waals surface area contributed by atoms with Gasteiger partial charge in [0.05, 0.1) is 23.1 Å². The number of aromatic nitrogens is 2. The van der Waals surface area contributed by atoms with Crippen molar-refractivity contribution in [3.05, 3.63) is 89.5 Å². The summed E-state index contributed by atoms with van der Waals surface area (Å²) in [7, 11) is 0. The van der Waals surface area contributed by atoms with E-state index in [1.807, 2.05) is 18.2 Å². The van der Waals surface area contributed by atoms with Gasteiger partial charge >= 0.3 is 0 Å². The molecule has 2 aromatic heterocycles. The van der Waals surface area contributed by atoms with E-state index in [0.717, 1.165) is 5.56 Å². The number of hydrogen-bond acceptors (Lipinski definition) is 6. The number of nitrogens with two attached hydrogens (primary N) is 1. The van der Waals surface area contributed by atoms with Gasteiger partial charge in [0.1, 0.15) is 5.75 Å². The lowest BCUT2D eigenvalue weighted by atomic mass is 10.2. The van der Waals surface area contributed by atoms with Gasteiger partial charge in [-0.2, -0.15) is 0 Å². The van der Waals surface area contributed by atoms with E-state index >= 15 is 0 Å². The van der Waals surface area contributed by atoms with Crippen LogP contribution in [0, 0.1) is 0 Å². The highest BCUT2D eigenvalue weighted by Crippen LogP contribution is 2.28. The first-order chi connectivity index (χ1) is 16.0. The van der Waals surface area contributed by atoms with Gasteiger partial charge in [-0.15, -0.1) is 0 Å². The van der Waals surface area contributed by atoms with Gasteiger partial charge < -0.3 is 20.2 Å². The van der Waals surface area contributed by atoms with Crippen LogP contribution in [0.5, 0.6) is 11.6 Å². The molecule has 0 bridgehead atoms. The fraction of sp³-hybridized carbons (Fsp3) is 0.0833. The third kappa shape index (κ3) is 5.75. The molecule has 0 saturated heterocycles. The smallest absolute Gasteiger partial charge is 0.248 e. The van der Waals surface area contributed by atoms with Crippen LogP contribution in [0.2, 0.25) is 5.02 Å². The van der Waals surface area contributed by atoms with Crippen molar-refractivity contribution in [2.75, 3.05) is 5.32 Å². The standard InChI is InChI=1S/C24H19ClN4O4/c25-19-7-2-1-6-18(19)20-14-28-23(33-20)11-9-21(30)29-16-8-10-22(27-13-16)32-17-5-3-4-15(12-17)24(26)31/h1-8,10,12-14H,9,11H2,(H2,26,31)(H,29,30). The number of rotatable bonds is 8. The van der Waals surface area contributed by atoms with E-state index in [-0.39, 0.29) is 12.3 Å². The number of hydrogen-bond donors (Lipinski definition) is 2. The number of oxazole rings is 1. The fourth-order valence-electron chi connectivity index (χ4n) is 3.00. The van der Waals surface area contributed by atoms with Crippen molar-refractivity contribution in [3.8, 4) is 23.0 Å². The highest BCUT2D eigenvalue weighted by atomic mass is 35.5. The van der Waals surface area contributed by atoms with Gasteiger partial charge in [-0.3, -0.25) is 9.59 Å². The summed E-state index contributed by atoms with van der Waals surface area (Å²) in [6.45, 7) is 0. The molecule has 0 spiro atoms. The van der Waals surface area contributed by atoms with E-state index in [9.17, 15) is 9.59 Å². The van der Waals surface area contributed by atoms with Crippen molar-refractivity contribution >= 4 is 29.1 Å². The maximum absolute atomic E-state index is 12.3. The molecule has 4 rings (SSSR count). The molecule has 0 aliphatic carbocycles. The summed E-state index contributed by atoms with van der Waals surface area (Å²) in [5.74, 6) is 0.977. The quantitative estimate of drug-likeness (QED) is 0.386. The third-order valence-electron chi connectivity index (χ3n) is 4.62. The number of amides is 2. The molecule has 2 heterocycles. The van der Waals surface area contributed by atoms with Crippen LogP contribution >= 0.6 is 11.6 Å². The molecule has 0 fully saturated rings. The predicted octanol–water partition coefficient (Wildman–Crippen LogP) is 4.85. The maximum Gasteiger partial charge on any atom is 0.248 e. The summed E-state index contributed by atoms with van der Waals surface area (Å²) in [6, 6.07) is 17.1. The van der Waals surface area contributed by atoms with Gasteiger partial charge in [0.25, 0.3) is 0 Å². The highest BCUT2D eigenvalue weighted by Gasteiger charge is 2.12. The Kier molecular flexibility index (Phi) is 6.66. The molecule has 0 aliphatic rings. The topological polar surface area (TPSA) is 120 Å². The van der Waals surface area contributed by atoms with Crippen molar-refractivity contribution in [1.29, 1.82) is 0 Å². The zero-order valence-electron chi connectivity index (χ0n) is 17.3. The minimum atomic E-state index is -0.545.